The summed E-state index contributed by atoms with van der Waals surface area (Å²) in [5, 5.41) is 0. The summed E-state index contributed by atoms with van der Waals surface area (Å²) in [6.45, 7) is 26.9. The molecule has 0 spiro atoms. The molecular formula is C20H42. The Labute approximate surface area is 130 Å². The molecule has 0 aromatic carbocycles. The van der Waals surface area contributed by atoms with Crippen LogP contribution in [0.3, 0.4) is 0 Å². The lowest BCUT2D eigenvalue weighted by molar-refractivity contribution is -0.110. The molecule has 0 N–H and O–H groups in total. The molecule has 0 saturated heterocycles. The number of rotatable bonds is 7. The molecule has 0 aliphatic rings. The van der Waals surface area contributed by atoms with Crippen LogP contribution in [0.25, 0.3) is 0 Å². The van der Waals surface area contributed by atoms with E-state index in [1.165, 1.54) is 25.7 Å². The predicted molar refractivity (Wildman–Crippen MR) is 94.1 cm³/mol. The van der Waals surface area contributed by atoms with Crippen LogP contribution in [0.1, 0.15) is 102 Å². The van der Waals surface area contributed by atoms with Gasteiger partial charge in [-0.25, -0.2) is 0 Å². The van der Waals surface area contributed by atoms with Gasteiger partial charge in [0, 0.05) is 0 Å². The van der Waals surface area contributed by atoms with Gasteiger partial charge in [-0.15, -0.1) is 0 Å². The molecule has 20 heavy (non-hydrogen) atoms. The van der Waals surface area contributed by atoms with Crippen molar-refractivity contribution in [2.75, 3.05) is 0 Å². The summed E-state index contributed by atoms with van der Waals surface area (Å²) in [7, 11) is 0. The fraction of sp³-hybridized carbons (Fsp3) is 1.00. The first-order valence-electron chi connectivity index (χ1n) is 8.73. The van der Waals surface area contributed by atoms with E-state index in [0.29, 0.717) is 21.7 Å². The average molecular weight is 283 g/mol. The molecule has 122 valence electrons. The van der Waals surface area contributed by atoms with Crippen LogP contribution in [0.5, 0.6) is 0 Å². The van der Waals surface area contributed by atoms with Crippen molar-refractivity contribution in [3.8, 4) is 0 Å². The van der Waals surface area contributed by atoms with E-state index >= 15 is 0 Å². The molecule has 1 atom stereocenters. The maximum atomic E-state index is 2.50. The zero-order valence-corrected chi connectivity index (χ0v) is 16.4. The first kappa shape index (κ1) is 20.0. The minimum absolute atomic E-state index is 0.294. The Kier molecular flexibility index (Phi) is 6.41. The van der Waals surface area contributed by atoms with Crippen molar-refractivity contribution in [3.63, 3.8) is 0 Å². The maximum absolute atomic E-state index is 2.50. The molecule has 0 aliphatic heterocycles. The van der Waals surface area contributed by atoms with E-state index in [-0.39, 0.29) is 0 Å². The van der Waals surface area contributed by atoms with Crippen molar-refractivity contribution >= 4 is 0 Å². The van der Waals surface area contributed by atoms with Gasteiger partial charge in [0.05, 0.1) is 0 Å². The predicted octanol–water partition coefficient (Wildman–Crippen LogP) is 7.33. The summed E-state index contributed by atoms with van der Waals surface area (Å²) in [4.78, 5) is 0. The topological polar surface area (TPSA) is 0 Å². The van der Waals surface area contributed by atoms with Crippen LogP contribution < -0.4 is 0 Å². The Hall–Kier alpha value is 0. The number of hydrogen-bond donors (Lipinski definition) is 0. The highest BCUT2D eigenvalue weighted by atomic mass is 14.6. The summed E-state index contributed by atoms with van der Waals surface area (Å²) in [5.74, 6) is 0.769. The highest BCUT2D eigenvalue weighted by Crippen LogP contribution is 2.61. The normalized spacial score (nSPS) is 16.4. The van der Waals surface area contributed by atoms with E-state index in [2.05, 4.69) is 76.2 Å². The fourth-order valence-electron chi connectivity index (χ4n) is 3.42. The van der Waals surface area contributed by atoms with Crippen molar-refractivity contribution in [3.05, 3.63) is 0 Å². The van der Waals surface area contributed by atoms with Crippen LogP contribution in [0.4, 0.5) is 0 Å². The van der Waals surface area contributed by atoms with Crippen molar-refractivity contribution in [2.45, 2.75) is 102 Å². The van der Waals surface area contributed by atoms with Gasteiger partial charge in [-0.05, 0) is 27.6 Å². The minimum atomic E-state index is 0.294. The summed E-state index contributed by atoms with van der Waals surface area (Å²) in [5.41, 5.74) is 1.25. The second-order valence-electron chi connectivity index (χ2n) is 9.62. The molecule has 0 rings (SSSR count). The van der Waals surface area contributed by atoms with Gasteiger partial charge in [0.25, 0.3) is 0 Å². The summed E-state index contributed by atoms with van der Waals surface area (Å²) in [6, 6.07) is 0. The van der Waals surface area contributed by atoms with E-state index in [1.54, 1.807) is 0 Å². The van der Waals surface area contributed by atoms with Crippen LogP contribution in [0, 0.1) is 27.6 Å². The third-order valence-corrected chi connectivity index (χ3v) is 7.52. The number of hydrogen-bond acceptors (Lipinski definition) is 0. The summed E-state index contributed by atoms with van der Waals surface area (Å²) in [6.07, 6.45) is 5.45. The highest BCUT2D eigenvalue weighted by Gasteiger charge is 2.54. The molecule has 0 nitrogen and oxygen atoms in total. The van der Waals surface area contributed by atoms with Gasteiger partial charge < -0.3 is 0 Å². The molecule has 0 aliphatic carbocycles. The SMILES string of the molecule is CCCCCC(C)C(C)(C)C(C)(C)C(C)(C)C(C)(C)C. The van der Waals surface area contributed by atoms with Crippen LogP contribution >= 0.6 is 0 Å². The third-order valence-electron chi connectivity index (χ3n) is 7.52. The van der Waals surface area contributed by atoms with Gasteiger partial charge >= 0.3 is 0 Å². The van der Waals surface area contributed by atoms with Gasteiger partial charge in [0.15, 0.2) is 0 Å². The van der Waals surface area contributed by atoms with Crippen molar-refractivity contribution in [2.24, 2.45) is 27.6 Å². The Morgan fingerprint density at radius 1 is 0.700 bits per heavy atom. The average Bonchev–Trinajstić information content (AvgIpc) is 2.27. The maximum Gasteiger partial charge on any atom is -0.0244 e. The lowest BCUT2D eigenvalue weighted by atomic mass is 9.45. The van der Waals surface area contributed by atoms with Crippen LogP contribution in [0.2, 0.25) is 0 Å². The molecule has 0 fully saturated rings. The molecule has 0 amide bonds. The van der Waals surface area contributed by atoms with E-state index in [9.17, 15) is 0 Å². The van der Waals surface area contributed by atoms with E-state index < -0.39 is 0 Å². The van der Waals surface area contributed by atoms with Crippen molar-refractivity contribution < 1.29 is 0 Å². The van der Waals surface area contributed by atoms with Crippen LogP contribution in [-0.4, -0.2) is 0 Å². The zero-order valence-electron chi connectivity index (χ0n) is 16.4. The van der Waals surface area contributed by atoms with E-state index in [1.807, 2.05) is 0 Å². The summed E-state index contributed by atoms with van der Waals surface area (Å²) < 4.78 is 0. The van der Waals surface area contributed by atoms with Gasteiger partial charge in [0.1, 0.15) is 0 Å². The highest BCUT2D eigenvalue weighted by molar-refractivity contribution is 5.02. The second kappa shape index (κ2) is 6.41. The lowest BCUT2D eigenvalue weighted by Gasteiger charge is -2.60. The molecular weight excluding hydrogens is 240 g/mol. The first-order chi connectivity index (χ1) is 8.73. The van der Waals surface area contributed by atoms with E-state index in [4.69, 9.17) is 0 Å². The fourth-order valence-corrected chi connectivity index (χ4v) is 3.42. The molecule has 0 heteroatoms. The monoisotopic (exact) mass is 282 g/mol. The Morgan fingerprint density at radius 2 is 1.15 bits per heavy atom. The molecule has 0 aromatic heterocycles. The Morgan fingerprint density at radius 3 is 1.50 bits per heavy atom. The molecule has 0 radical (unpaired) electrons. The van der Waals surface area contributed by atoms with Gasteiger partial charge in [0.2, 0.25) is 0 Å². The van der Waals surface area contributed by atoms with Crippen LogP contribution in [0.15, 0.2) is 0 Å². The molecule has 0 heterocycles. The van der Waals surface area contributed by atoms with Gasteiger partial charge in [-0.1, -0.05) is 102 Å². The standard InChI is InChI=1S/C20H42/c1-12-13-14-15-16(2)18(6,7)20(10,11)19(8,9)17(3,4)5/h16H,12-15H2,1-11H3. The molecule has 0 saturated carbocycles. The summed E-state index contributed by atoms with van der Waals surface area (Å²) >= 11 is 0. The van der Waals surface area contributed by atoms with Crippen molar-refractivity contribution in [1.82, 2.24) is 0 Å². The molecule has 0 bridgehead atoms. The van der Waals surface area contributed by atoms with Crippen LogP contribution in [-0.2, 0) is 0 Å². The smallest absolute Gasteiger partial charge is 0.0244 e. The molecule has 0 aromatic rings. The van der Waals surface area contributed by atoms with Gasteiger partial charge in [-0.3, -0.25) is 0 Å². The van der Waals surface area contributed by atoms with Crippen molar-refractivity contribution in [1.29, 1.82) is 0 Å². The lowest BCUT2D eigenvalue weighted by Crippen LogP contribution is -2.53. The largest absolute Gasteiger partial charge is 0.0654 e. The quantitative estimate of drug-likeness (QED) is 0.429. The zero-order chi connectivity index (χ0) is 16.4. The Balaban J connectivity index is 5.25. The van der Waals surface area contributed by atoms with E-state index in [0.717, 1.165) is 5.92 Å². The second-order valence-corrected chi connectivity index (χ2v) is 9.62. The number of unbranched alkanes of at least 4 members (excludes halogenated alkanes) is 2. The first-order valence-corrected chi connectivity index (χ1v) is 8.73. The third kappa shape index (κ3) is 3.60. The molecule has 1 unspecified atom stereocenters. The minimum Gasteiger partial charge on any atom is -0.0654 e. The Bertz CT molecular complexity index is 286. The van der Waals surface area contributed by atoms with Gasteiger partial charge in [-0.2, -0.15) is 0 Å².